The smallest absolute Gasteiger partial charge is 0.180 e. The standard InChI is InChI=1S/C10H22O4/c1-4-9(2)5-12-6-10(3)7-13-8-14-11/h9-11H,4-8H2,1-3H3. The first kappa shape index (κ1) is 13.8. The first-order valence-electron chi connectivity index (χ1n) is 5.12. The van der Waals surface area contributed by atoms with Gasteiger partial charge in [-0.1, -0.05) is 27.2 Å². The van der Waals surface area contributed by atoms with Gasteiger partial charge in [0.25, 0.3) is 0 Å². The second-order valence-electron chi connectivity index (χ2n) is 3.77. The summed E-state index contributed by atoms with van der Waals surface area (Å²) in [5.41, 5.74) is 0. The lowest BCUT2D eigenvalue weighted by Crippen LogP contribution is -2.16. The van der Waals surface area contributed by atoms with Gasteiger partial charge >= 0.3 is 0 Å². The van der Waals surface area contributed by atoms with Crippen molar-refractivity contribution in [3.05, 3.63) is 0 Å². The van der Waals surface area contributed by atoms with Crippen LogP contribution in [0.15, 0.2) is 0 Å². The lowest BCUT2D eigenvalue weighted by Gasteiger charge is -2.14. The monoisotopic (exact) mass is 206 g/mol. The molecule has 0 aromatic carbocycles. The number of rotatable bonds is 9. The summed E-state index contributed by atoms with van der Waals surface area (Å²) in [4.78, 5) is 3.79. The highest BCUT2D eigenvalue weighted by Crippen LogP contribution is 2.03. The number of hydrogen-bond donors (Lipinski definition) is 1. The lowest BCUT2D eigenvalue weighted by molar-refractivity contribution is -0.297. The minimum absolute atomic E-state index is 0.0737. The van der Waals surface area contributed by atoms with Gasteiger partial charge in [0.05, 0.1) is 13.2 Å². The summed E-state index contributed by atoms with van der Waals surface area (Å²) in [5.74, 6) is 0.943. The van der Waals surface area contributed by atoms with Crippen molar-refractivity contribution < 1.29 is 19.6 Å². The SMILES string of the molecule is CCC(C)COCC(C)COCOO. The van der Waals surface area contributed by atoms with Crippen molar-refractivity contribution in [2.45, 2.75) is 27.2 Å². The Balaban J connectivity index is 3.21. The van der Waals surface area contributed by atoms with E-state index in [2.05, 4.69) is 18.7 Å². The first-order valence-corrected chi connectivity index (χ1v) is 5.12. The van der Waals surface area contributed by atoms with Gasteiger partial charge < -0.3 is 9.47 Å². The van der Waals surface area contributed by atoms with Gasteiger partial charge in [0.15, 0.2) is 6.79 Å². The molecule has 0 aliphatic rings. The largest absolute Gasteiger partial charge is 0.381 e. The molecule has 0 saturated heterocycles. The predicted octanol–water partition coefficient (Wildman–Crippen LogP) is 2.15. The molecule has 0 bridgehead atoms. The second-order valence-corrected chi connectivity index (χ2v) is 3.77. The summed E-state index contributed by atoms with van der Waals surface area (Å²) in [6.45, 7) is 8.32. The van der Waals surface area contributed by atoms with Crippen LogP contribution in [0, 0.1) is 11.8 Å². The van der Waals surface area contributed by atoms with Gasteiger partial charge in [0.2, 0.25) is 0 Å². The van der Waals surface area contributed by atoms with E-state index >= 15 is 0 Å². The van der Waals surface area contributed by atoms with E-state index < -0.39 is 0 Å². The molecule has 0 fully saturated rings. The molecule has 0 spiro atoms. The quantitative estimate of drug-likeness (QED) is 0.272. The fraction of sp³-hybridized carbons (Fsp3) is 1.00. The van der Waals surface area contributed by atoms with Gasteiger partial charge in [-0.15, -0.1) is 0 Å². The van der Waals surface area contributed by atoms with E-state index in [1.165, 1.54) is 0 Å². The van der Waals surface area contributed by atoms with Crippen molar-refractivity contribution in [2.75, 3.05) is 26.6 Å². The number of ether oxygens (including phenoxy) is 2. The molecule has 0 radical (unpaired) electrons. The summed E-state index contributed by atoms with van der Waals surface area (Å²) in [5, 5.41) is 8.00. The van der Waals surface area contributed by atoms with Gasteiger partial charge in [-0.25, -0.2) is 10.1 Å². The molecule has 2 atom stereocenters. The van der Waals surface area contributed by atoms with Crippen LogP contribution in [-0.2, 0) is 14.4 Å². The van der Waals surface area contributed by atoms with E-state index in [4.69, 9.17) is 14.7 Å². The Morgan fingerprint density at radius 2 is 1.57 bits per heavy atom. The van der Waals surface area contributed by atoms with Gasteiger partial charge in [-0.3, -0.25) is 0 Å². The molecule has 4 nitrogen and oxygen atoms in total. The summed E-state index contributed by atoms with van der Waals surface area (Å²) in [6, 6.07) is 0. The molecule has 0 saturated carbocycles. The molecule has 0 aromatic rings. The highest BCUT2D eigenvalue weighted by Gasteiger charge is 2.04. The Morgan fingerprint density at radius 3 is 2.14 bits per heavy atom. The van der Waals surface area contributed by atoms with Crippen molar-refractivity contribution in [3.63, 3.8) is 0 Å². The Hall–Kier alpha value is -0.160. The molecule has 0 amide bonds. The van der Waals surface area contributed by atoms with Gasteiger partial charge in [-0.2, -0.15) is 0 Å². The van der Waals surface area contributed by atoms with E-state index in [1.54, 1.807) is 0 Å². The van der Waals surface area contributed by atoms with E-state index in [-0.39, 0.29) is 6.79 Å². The molecule has 86 valence electrons. The van der Waals surface area contributed by atoms with E-state index in [9.17, 15) is 0 Å². The van der Waals surface area contributed by atoms with Crippen molar-refractivity contribution in [3.8, 4) is 0 Å². The average Bonchev–Trinajstić information content (AvgIpc) is 2.18. The van der Waals surface area contributed by atoms with Crippen LogP contribution in [0.3, 0.4) is 0 Å². The minimum Gasteiger partial charge on any atom is -0.381 e. The van der Waals surface area contributed by atoms with E-state index in [0.29, 0.717) is 25.0 Å². The van der Waals surface area contributed by atoms with Crippen LogP contribution in [0.2, 0.25) is 0 Å². The van der Waals surface area contributed by atoms with E-state index in [0.717, 1.165) is 13.0 Å². The molecule has 0 aromatic heterocycles. The minimum atomic E-state index is -0.0737. The van der Waals surface area contributed by atoms with Gasteiger partial charge in [0, 0.05) is 12.5 Å². The second kappa shape index (κ2) is 9.40. The van der Waals surface area contributed by atoms with Crippen LogP contribution < -0.4 is 0 Å². The molecule has 0 heterocycles. The van der Waals surface area contributed by atoms with Crippen molar-refractivity contribution in [2.24, 2.45) is 11.8 Å². The topological polar surface area (TPSA) is 47.9 Å². The van der Waals surface area contributed by atoms with Crippen LogP contribution in [0.4, 0.5) is 0 Å². The van der Waals surface area contributed by atoms with Crippen LogP contribution >= 0.6 is 0 Å². The Morgan fingerprint density at radius 1 is 1.00 bits per heavy atom. The molecule has 4 heteroatoms. The third-order valence-corrected chi connectivity index (χ3v) is 2.04. The van der Waals surface area contributed by atoms with Crippen LogP contribution in [-0.4, -0.2) is 31.9 Å². The fourth-order valence-electron chi connectivity index (χ4n) is 0.923. The highest BCUT2D eigenvalue weighted by atomic mass is 17.1. The summed E-state index contributed by atoms with van der Waals surface area (Å²) in [6.07, 6.45) is 1.14. The fourth-order valence-corrected chi connectivity index (χ4v) is 0.923. The highest BCUT2D eigenvalue weighted by molar-refractivity contribution is 4.51. The van der Waals surface area contributed by atoms with Crippen LogP contribution in [0.5, 0.6) is 0 Å². The molecule has 0 rings (SSSR count). The zero-order chi connectivity index (χ0) is 10.8. The Bertz CT molecular complexity index is 119. The third kappa shape index (κ3) is 8.44. The third-order valence-electron chi connectivity index (χ3n) is 2.04. The molecule has 0 aliphatic carbocycles. The van der Waals surface area contributed by atoms with Crippen LogP contribution in [0.25, 0.3) is 0 Å². The molecular formula is C10H22O4. The lowest BCUT2D eigenvalue weighted by atomic mass is 10.1. The normalized spacial score (nSPS) is 15.4. The Labute approximate surface area is 86.1 Å². The first-order chi connectivity index (χ1) is 6.70. The molecule has 1 N–H and O–H groups in total. The summed E-state index contributed by atoms with van der Waals surface area (Å²) in [7, 11) is 0. The summed E-state index contributed by atoms with van der Waals surface area (Å²) < 4.78 is 10.5. The van der Waals surface area contributed by atoms with Crippen molar-refractivity contribution in [1.82, 2.24) is 0 Å². The van der Waals surface area contributed by atoms with Gasteiger partial charge in [0.1, 0.15) is 0 Å². The maximum atomic E-state index is 8.00. The molecular weight excluding hydrogens is 184 g/mol. The van der Waals surface area contributed by atoms with Crippen LogP contribution in [0.1, 0.15) is 27.2 Å². The predicted molar refractivity (Wildman–Crippen MR) is 54.0 cm³/mol. The van der Waals surface area contributed by atoms with Crippen molar-refractivity contribution >= 4 is 0 Å². The van der Waals surface area contributed by atoms with Gasteiger partial charge in [-0.05, 0) is 5.92 Å². The average molecular weight is 206 g/mol. The zero-order valence-corrected chi connectivity index (χ0v) is 9.36. The maximum Gasteiger partial charge on any atom is 0.180 e. The number of hydrogen-bond acceptors (Lipinski definition) is 4. The zero-order valence-electron chi connectivity index (χ0n) is 9.36. The molecule has 2 unspecified atom stereocenters. The van der Waals surface area contributed by atoms with E-state index in [1.807, 2.05) is 6.92 Å². The summed E-state index contributed by atoms with van der Waals surface area (Å²) >= 11 is 0. The molecule has 14 heavy (non-hydrogen) atoms. The maximum absolute atomic E-state index is 8.00. The Kier molecular flexibility index (Phi) is 9.29. The molecule has 0 aliphatic heterocycles. The van der Waals surface area contributed by atoms with Crippen molar-refractivity contribution in [1.29, 1.82) is 0 Å².